The van der Waals surface area contributed by atoms with E-state index in [-0.39, 0.29) is 0 Å². The molecule has 0 atom stereocenters. The fourth-order valence-electron chi connectivity index (χ4n) is 0.639. The molecular weight excluding hydrogens is 260 g/mol. The number of nitrogens with zero attached hydrogens (tertiary/aromatic N) is 4. The summed E-state index contributed by atoms with van der Waals surface area (Å²) in [6, 6.07) is 1.79. The average molecular weight is 270 g/mol. The molecule has 0 unspecified atom stereocenters. The fraction of sp³-hybridized carbons (Fsp3) is 0.111. The lowest BCUT2D eigenvalue weighted by molar-refractivity contribution is 0.973. The third-order valence-electron chi connectivity index (χ3n) is 1.24. The van der Waals surface area contributed by atoms with Crippen LogP contribution in [0.4, 0.5) is 0 Å². The molecule has 1 aromatic heterocycles. The van der Waals surface area contributed by atoms with Gasteiger partial charge in [0, 0.05) is 25.7 Å². The number of hydrogen-bond donors (Lipinski definition) is 0. The molecule has 7 heteroatoms. The smallest absolute Gasteiger partial charge is 0.199 e. The third-order valence-corrected chi connectivity index (χ3v) is 4.70. The summed E-state index contributed by atoms with van der Waals surface area (Å²) < 4.78 is 0. The number of rotatable bonds is 4. The second-order valence-corrected chi connectivity index (χ2v) is 6.12. The highest BCUT2D eigenvalue weighted by molar-refractivity contribution is 9.12. The van der Waals surface area contributed by atoms with Crippen LogP contribution in [0.15, 0.2) is 46.3 Å². The molecule has 0 spiro atoms. The molecule has 0 aromatic carbocycles. The van der Waals surface area contributed by atoms with Crippen LogP contribution >= 0.6 is 31.4 Å². The molecule has 1 heterocycles. The summed E-state index contributed by atoms with van der Waals surface area (Å²) in [5, 5.41) is 1.41. The molecule has 16 heavy (non-hydrogen) atoms. The van der Waals surface area contributed by atoms with Gasteiger partial charge in [-0.25, -0.2) is 15.0 Å². The lowest BCUT2D eigenvalue weighted by Crippen LogP contribution is -1.84. The summed E-state index contributed by atoms with van der Waals surface area (Å²) in [4.78, 5) is 16.3. The van der Waals surface area contributed by atoms with Gasteiger partial charge in [-0.3, -0.25) is 4.99 Å². The maximum atomic E-state index is 4.09. The molecule has 0 bridgehead atoms. The first-order valence-electron chi connectivity index (χ1n) is 4.27. The van der Waals surface area contributed by atoms with Crippen LogP contribution in [0.5, 0.6) is 0 Å². The van der Waals surface area contributed by atoms with E-state index in [0.717, 1.165) is 5.16 Å². The van der Waals surface area contributed by atoms with Crippen molar-refractivity contribution >= 4 is 42.8 Å². The van der Waals surface area contributed by atoms with Crippen LogP contribution in [0, 0.1) is 0 Å². The van der Waals surface area contributed by atoms with Crippen LogP contribution in [-0.4, -0.2) is 28.4 Å². The lowest BCUT2D eigenvalue weighted by Gasteiger charge is -1.97. The predicted molar refractivity (Wildman–Crippen MR) is 75.1 cm³/mol. The van der Waals surface area contributed by atoms with Crippen molar-refractivity contribution in [3.63, 3.8) is 0 Å². The van der Waals surface area contributed by atoms with Gasteiger partial charge in [0.15, 0.2) is 10.3 Å². The third kappa shape index (κ3) is 5.34. The average Bonchev–Trinajstić information content (AvgIpc) is 2.35. The Balaban J connectivity index is 2.35. The zero-order valence-corrected chi connectivity index (χ0v) is 11.1. The second-order valence-electron chi connectivity index (χ2n) is 2.29. The van der Waals surface area contributed by atoms with Gasteiger partial charge < -0.3 is 0 Å². The molecule has 0 saturated heterocycles. The first kappa shape index (κ1) is 13.3. The summed E-state index contributed by atoms with van der Waals surface area (Å²) in [7, 11) is 6.16. The minimum atomic E-state index is 0.688. The van der Waals surface area contributed by atoms with E-state index >= 15 is 0 Å². The van der Waals surface area contributed by atoms with Gasteiger partial charge in [0.25, 0.3) is 0 Å². The van der Waals surface area contributed by atoms with Crippen molar-refractivity contribution in [2.75, 3.05) is 7.05 Å². The zero-order chi connectivity index (χ0) is 11.6. The molecule has 84 valence electrons. The van der Waals surface area contributed by atoms with Crippen molar-refractivity contribution in [3.05, 3.63) is 31.1 Å². The maximum Gasteiger partial charge on any atom is 0.199 e. The van der Waals surface area contributed by atoms with Crippen LogP contribution in [-0.2, 0) is 0 Å². The van der Waals surface area contributed by atoms with E-state index < -0.39 is 0 Å². The summed E-state index contributed by atoms with van der Waals surface area (Å²) in [5.41, 5.74) is 0. The normalized spacial score (nSPS) is 11.9. The van der Waals surface area contributed by atoms with E-state index in [0.29, 0.717) is 5.17 Å². The van der Waals surface area contributed by atoms with Gasteiger partial charge in [-0.1, -0.05) is 12.7 Å². The monoisotopic (exact) mass is 270 g/mol. The highest BCUT2D eigenvalue weighted by Gasteiger charge is 2.00. The lowest BCUT2D eigenvalue weighted by atomic mass is 10.7. The molecule has 4 nitrogen and oxygen atoms in total. The first-order chi connectivity index (χ1) is 7.86. The van der Waals surface area contributed by atoms with E-state index in [1.54, 1.807) is 37.8 Å². The predicted octanol–water partition coefficient (Wildman–Crippen LogP) is 3.11. The Hall–Kier alpha value is -0.790. The number of amidine groups is 1. The minimum absolute atomic E-state index is 0.688. The number of hydrogen-bond acceptors (Lipinski definition) is 6. The summed E-state index contributed by atoms with van der Waals surface area (Å²) in [6.45, 7) is 3.55. The molecule has 0 radical (unpaired) electrons. The molecule has 0 aliphatic rings. The number of aliphatic imine (C=N–C) groups is 2. The van der Waals surface area contributed by atoms with E-state index in [1.807, 2.05) is 0 Å². The van der Waals surface area contributed by atoms with E-state index in [4.69, 9.17) is 0 Å². The first-order valence-corrected chi connectivity index (χ1v) is 7.75. The summed E-state index contributed by atoms with van der Waals surface area (Å²) in [6.07, 6.45) is 6.65. The minimum Gasteiger partial charge on any atom is -0.263 e. The molecule has 0 saturated carbocycles. The summed E-state index contributed by atoms with van der Waals surface area (Å²) >= 11 is 0. The van der Waals surface area contributed by atoms with Crippen molar-refractivity contribution in [1.29, 1.82) is 0 Å². The Bertz CT molecular complexity index is 378. The van der Waals surface area contributed by atoms with E-state index in [1.165, 1.54) is 31.4 Å². The van der Waals surface area contributed by atoms with Crippen LogP contribution in [0.25, 0.3) is 0 Å². The number of aromatic nitrogens is 2. The van der Waals surface area contributed by atoms with E-state index in [9.17, 15) is 0 Å². The van der Waals surface area contributed by atoms with Gasteiger partial charge >= 0.3 is 0 Å². The quantitative estimate of drug-likeness (QED) is 0.364. The van der Waals surface area contributed by atoms with Gasteiger partial charge in [-0.05, 0) is 37.5 Å². The van der Waals surface area contributed by atoms with Gasteiger partial charge in [-0.15, -0.1) is 0 Å². The van der Waals surface area contributed by atoms with Gasteiger partial charge in [0.05, 0.1) is 0 Å². The molecule has 0 aliphatic carbocycles. The van der Waals surface area contributed by atoms with Crippen LogP contribution < -0.4 is 0 Å². The maximum absolute atomic E-state index is 4.09. The molecule has 0 aliphatic heterocycles. The van der Waals surface area contributed by atoms with Gasteiger partial charge in [0.2, 0.25) is 0 Å². The number of allylic oxidation sites excluding steroid dienone is 1. The van der Waals surface area contributed by atoms with Crippen molar-refractivity contribution in [2.24, 2.45) is 9.98 Å². The van der Waals surface area contributed by atoms with Crippen molar-refractivity contribution in [3.8, 4) is 0 Å². The Morgan fingerprint density at radius 3 is 2.81 bits per heavy atom. The molecule has 1 aromatic rings. The van der Waals surface area contributed by atoms with Crippen LogP contribution in [0.1, 0.15) is 0 Å². The van der Waals surface area contributed by atoms with Crippen molar-refractivity contribution in [2.45, 2.75) is 5.16 Å². The molecule has 0 fully saturated rings. The Morgan fingerprint density at radius 2 is 2.19 bits per heavy atom. The van der Waals surface area contributed by atoms with Crippen LogP contribution in [0.3, 0.4) is 0 Å². The van der Waals surface area contributed by atoms with E-state index in [2.05, 4.69) is 26.5 Å². The highest BCUT2D eigenvalue weighted by atomic mass is 33.5. The molecule has 0 amide bonds. The molecule has 0 N–H and O–H groups in total. The van der Waals surface area contributed by atoms with Gasteiger partial charge in [0.1, 0.15) is 0 Å². The SMILES string of the molecule is C=CC=NC(=NC)SSSc1ncccn1. The Morgan fingerprint density at radius 1 is 1.44 bits per heavy atom. The fourth-order valence-corrected chi connectivity index (χ4v) is 3.66. The topological polar surface area (TPSA) is 50.5 Å². The Labute approximate surface area is 106 Å². The molecule has 1 rings (SSSR count). The largest absolute Gasteiger partial charge is 0.263 e. The van der Waals surface area contributed by atoms with Crippen molar-refractivity contribution in [1.82, 2.24) is 9.97 Å². The van der Waals surface area contributed by atoms with Gasteiger partial charge in [-0.2, -0.15) is 0 Å². The van der Waals surface area contributed by atoms with Crippen molar-refractivity contribution < 1.29 is 0 Å². The highest BCUT2D eigenvalue weighted by Crippen LogP contribution is 2.39. The van der Waals surface area contributed by atoms with Crippen LogP contribution in [0.2, 0.25) is 0 Å². The zero-order valence-electron chi connectivity index (χ0n) is 8.61. The second kappa shape index (κ2) is 8.37. The summed E-state index contributed by atoms with van der Waals surface area (Å²) in [5.74, 6) is 0. The molecular formula is C9H10N4S3. The Kier molecular flexibility index (Phi) is 6.95. The standard InChI is InChI=1S/C9H10N4S3/c1-3-5-11-8(10-2)14-16-15-9-12-6-4-7-13-9/h3-7H,1H2,2H3.